The number of piperidine rings is 1. The highest BCUT2D eigenvalue weighted by molar-refractivity contribution is 7.99. The van der Waals surface area contributed by atoms with Crippen LogP contribution in [0.3, 0.4) is 0 Å². The van der Waals surface area contributed by atoms with Crippen molar-refractivity contribution in [3.63, 3.8) is 0 Å². The van der Waals surface area contributed by atoms with Crippen LogP contribution in [0.5, 0.6) is 5.75 Å². The van der Waals surface area contributed by atoms with Gasteiger partial charge in [0.2, 0.25) is 0 Å². The Kier molecular flexibility index (Phi) is 4.78. The molecule has 0 bridgehead atoms. The first kappa shape index (κ1) is 13.6. The molecule has 0 radical (unpaired) electrons. The fourth-order valence-corrected chi connectivity index (χ4v) is 3.14. The number of nitrogens with zero attached hydrogens (tertiary/aromatic N) is 1. The Morgan fingerprint density at radius 3 is 2.67 bits per heavy atom. The average molecular weight is 266 g/mol. The van der Waals surface area contributed by atoms with Crippen molar-refractivity contribution in [3.05, 3.63) is 23.8 Å². The third-order valence-electron chi connectivity index (χ3n) is 3.50. The van der Waals surface area contributed by atoms with Crippen molar-refractivity contribution in [2.45, 2.75) is 24.6 Å². The standard InChI is InChI=1S/C14H22N2OS/c1-17-13-8-11(7-12(15)9-13)10-16-5-3-14(18-2)4-6-16/h7-9,14H,3-6,10,15H2,1-2H3. The lowest BCUT2D eigenvalue weighted by molar-refractivity contribution is 0.224. The van der Waals surface area contributed by atoms with Crippen molar-refractivity contribution in [1.29, 1.82) is 0 Å². The Hall–Kier alpha value is -0.870. The first-order valence-corrected chi connectivity index (χ1v) is 7.68. The molecule has 1 aromatic carbocycles. The first-order chi connectivity index (χ1) is 8.71. The van der Waals surface area contributed by atoms with Crippen LogP contribution >= 0.6 is 11.8 Å². The lowest BCUT2D eigenvalue weighted by Gasteiger charge is -2.31. The van der Waals surface area contributed by atoms with Gasteiger partial charge in [0.15, 0.2) is 0 Å². The van der Waals surface area contributed by atoms with Crippen LogP contribution < -0.4 is 10.5 Å². The second-order valence-electron chi connectivity index (χ2n) is 4.83. The minimum atomic E-state index is 0.781. The number of nitrogen functional groups attached to an aromatic ring is 1. The largest absolute Gasteiger partial charge is 0.497 e. The highest BCUT2D eigenvalue weighted by atomic mass is 32.2. The predicted molar refractivity (Wildman–Crippen MR) is 79.2 cm³/mol. The Bertz CT molecular complexity index is 389. The molecule has 1 saturated heterocycles. The fourth-order valence-electron chi connectivity index (χ4n) is 2.46. The van der Waals surface area contributed by atoms with Crippen molar-refractivity contribution in [2.75, 3.05) is 32.2 Å². The molecule has 0 saturated carbocycles. The summed E-state index contributed by atoms with van der Waals surface area (Å²) in [6, 6.07) is 5.99. The number of methoxy groups -OCH3 is 1. The smallest absolute Gasteiger partial charge is 0.121 e. The Labute approximate surface area is 114 Å². The van der Waals surface area contributed by atoms with Crippen LogP contribution in [-0.2, 0) is 6.54 Å². The molecular weight excluding hydrogens is 244 g/mol. The van der Waals surface area contributed by atoms with E-state index in [-0.39, 0.29) is 0 Å². The van der Waals surface area contributed by atoms with Gasteiger partial charge in [0.1, 0.15) is 5.75 Å². The van der Waals surface area contributed by atoms with Crippen molar-refractivity contribution in [1.82, 2.24) is 4.90 Å². The summed E-state index contributed by atoms with van der Waals surface area (Å²) >= 11 is 2.00. The zero-order chi connectivity index (χ0) is 13.0. The van der Waals surface area contributed by atoms with Crippen LogP contribution in [0.25, 0.3) is 0 Å². The summed E-state index contributed by atoms with van der Waals surface area (Å²) in [7, 11) is 1.68. The third-order valence-corrected chi connectivity index (χ3v) is 4.64. The molecule has 2 N–H and O–H groups in total. The van der Waals surface area contributed by atoms with Gasteiger partial charge in [-0.3, -0.25) is 4.90 Å². The summed E-state index contributed by atoms with van der Waals surface area (Å²) in [4.78, 5) is 2.50. The molecule has 0 aromatic heterocycles. The number of nitrogens with two attached hydrogens (primary N) is 1. The molecule has 1 aliphatic rings. The number of anilines is 1. The lowest BCUT2D eigenvalue weighted by atomic mass is 10.1. The topological polar surface area (TPSA) is 38.5 Å². The van der Waals surface area contributed by atoms with Gasteiger partial charge in [-0.2, -0.15) is 11.8 Å². The molecule has 0 spiro atoms. The van der Waals surface area contributed by atoms with Gasteiger partial charge in [-0.15, -0.1) is 0 Å². The van der Waals surface area contributed by atoms with Crippen LogP contribution in [0.4, 0.5) is 5.69 Å². The maximum absolute atomic E-state index is 5.88. The van der Waals surface area contributed by atoms with Gasteiger partial charge in [-0.25, -0.2) is 0 Å². The summed E-state index contributed by atoms with van der Waals surface area (Å²) in [6.07, 6.45) is 4.80. The summed E-state index contributed by atoms with van der Waals surface area (Å²) in [5.41, 5.74) is 7.91. The Morgan fingerprint density at radius 1 is 1.33 bits per heavy atom. The van der Waals surface area contributed by atoms with E-state index in [4.69, 9.17) is 10.5 Å². The van der Waals surface area contributed by atoms with Crippen molar-refractivity contribution in [3.8, 4) is 5.75 Å². The quantitative estimate of drug-likeness (QED) is 0.850. The van der Waals surface area contributed by atoms with Gasteiger partial charge in [-0.05, 0) is 49.9 Å². The van der Waals surface area contributed by atoms with Crippen LogP contribution in [0, 0.1) is 0 Å². The number of ether oxygens (including phenoxy) is 1. The Balaban J connectivity index is 1.95. The molecule has 3 nitrogen and oxygen atoms in total. The molecule has 2 rings (SSSR count). The maximum Gasteiger partial charge on any atom is 0.121 e. The van der Waals surface area contributed by atoms with Gasteiger partial charge in [-0.1, -0.05) is 0 Å². The van der Waals surface area contributed by atoms with E-state index in [0.29, 0.717) is 0 Å². The molecule has 18 heavy (non-hydrogen) atoms. The van der Waals surface area contributed by atoms with Gasteiger partial charge in [0.05, 0.1) is 7.11 Å². The molecule has 1 heterocycles. The van der Waals surface area contributed by atoms with Gasteiger partial charge in [0, 0.05) is 23.5 Å². The second kappa shape index (κ2) is 6.34. The van der Waals surface area contributed by atoms with E-state index in [9.17, 15) is 0 Å². The summed E-state index contributed by atoms with van der Waals surface area (Å²) in [5, 5.41) is 0.844. The number of hydrogen-bond acceptors (Lipinski definition) is 4. The molecule has 1 aromatic rings. The minimum Gasteiger partial charge on any atom is -0.497 e. The molecule has 0 amide bonds. The van der Waals surface area contributed by atoms with E-state index >= 15 is 0 Å². The van der Waals surface area contributed by atoms with Crippen LogP contribution in [0.2, 0.25) is 0 Å². The minimum absolute atomic E-state index is 0.781. The van der Waals surface area contributed by atoms with Crippen LogP contribution in [0.1, 0.15) is 18.4 Å². The highest BCUT2D eigenvalue weighted by Gasteiger charge is 2.18. The SMILES string of the molecule is COc1cc(N)cc(CN2CCC(SC)CC2)c1. The van der Waals surface area contributed by atoms with Gasteiger partial charge >= 0.3 is 0 Å². The lowest BCUT2D eigenvalue weighted by Crippen LogP contribution is -2.34. The van der Waals surface area contributed by atoms with Crippen molar-refractivity contribution < 1.29 is 4.74 Å². The zero-order valence-electron chi connectivity index (χ0n) is 11.2. The second-order valence-corrected chi connectivity index (χ2v) is 5.96. The van der Waals surface area contributed by atoms with E-state index in [0.717, 1.165) is 23.2 Å². The fraction of sp³-hybridized carbons (Fsp3) is 0.571. The van der Waals surface area contributed by atoms with E-state index in [1.807, 2.05) is 23.9 Å². The highest BCUT2D eigenvalue weighted by Crippen LogP contribution is 2.24. The molecule has 0 atom stereocenters. The van der Waals surface area contributed by atoms with Crippen molar-refractivity contribution in [2.24, 2.45) is 0 Å². The predicted octanol–water partition coefficient (Wildman–Crippen LogP) is 2.60. The maximum atomic E-state index is 5.88. The molecule has 4 heteroatoms. The number of rotatable bonds is 4. The molecular formula is C14H22N2OS. The summed E-state index contributed by atoms with van der Waals surface area (Å²) in [5.74, 6) is 0.851. The Morgan fingerprint density at radius 2 is 2.06 bits per heavy atom. The van der Waals surface area contributed by atoms with Gasteiger partial charge in [0.25, 0.3) is 0 Å². The molecule has 100 valence electrons. The number of hydrogen-bond donors (Lipinski definition) is 1. The van der Waals surface area contributed by atoms with E-state index in [1.165, 1.54) is 31.5 Å². The monoisotopic (exact) mass is 266 g/mol. The third kappa shape index (κ3) is 3.56. The normalized spacial score (nSPS) is 17.9. The first-order valence-electron chi connectivity index (χ1n) is 6.40. The molecule has 1 fully saturated rings. The van der Waals surface area contributed by atoms with E-state index < -0.39 is 0 Å². The number of benzene rings is 1. The van der Waals surface area contributed by atoms with Crippen molar-refractivity contribution >= 4 is 17.4 Å². The van der Waals surface area contributed by atoms with E-state index in [2.05, 4.69) is 17.2 Å². The van der Waals surface area contributed by atoms with Crippen LogP contribution in [-0.4, -0.2) is 36.6 Å². The molecule has 0 aliphatic carbocycles. The zero-order valence-corrected chi connectivity index (χ0v) is 12.0. The summed E-state index contributed by atoms with van der Waals surface area (Å²) in [6.45, 7) is 3.34. The average Bonchev–Trinajstić information content (AvgIpc) is 2.39. The van der Waals surface area contributed by atoms with Gasteiger partial charge < -0.3 is 10.5 Å². The molecule has 1 aliphatic heterocycles. The molecule has 0 unspecified atom stereocenters. The van der Waals surface area contributed by atoms with E-state index in [1.54, 1.807) is 7.11 Å². The van der Waals surface area contributed by atoms with Crippen LogP contribution in [0.15, 0.2) is 18.2 Å². The number of thioether (sulfide) groups is 1. The summed E-state index contributed by atoms with van der Waals surface area (Å²) < 4.78 is 5.26. The number of likely N-dealkylation sites (tertiary alicyclic amines) is 1.